The lowest BCUT2D eigenvalue weighted by atomic mass is 10.2. The number of rotatable bonds is 7. The van der Waals surface area contributed by atoms with Gasteiger partial charge in [-0.15, -0.1) is 0 Å². The van der Waals surface area contributed by atoms with Crippen LogP contribution in [0, 0.1) is 5.82 Å². The van der Waals surface area contributed by atoms with E-state index in [0.29, 0.717) is 0 Å². The van der Waals surface area contributed by atoms with Gasteiger partial charge in [0.15, 0.2) is 0 Å². The molecular formula is C19H21FN4O2. The van der Waals surface area contributed by atoms with Gasteiger partial charge in [0.25, 0.3) is 0 Å². The molecule has 0 radical (unpaired) electrons. The maximum absolute atomic E-state index is 13.4. The summed E-state index contributed by atoms with van der Waals surface area (Å²) in [4.78, 5) is 25.4. The first-order valence-electron chi connectivity index (χ1n) is 8.09. The molecular weight excluding hydrogens is 335 g/mol. The molecule has 2 N–H and O–H groups in total. The van der Waals surface area contributed by atoms with Crippen molar-refractivity contribution in [1.82, 2.24) is 5.43 Å². The molecule has 6 nitrogen and oxygen atoms in total. The number of amides is 2. The molecule has 2 aromatic carbocycles. The lowest BCUT2D eigenvalue weighted by Crippen LogP contribution is -2.21. The number of hydrogen-bond donors (Lipinski definition) is 2. The van der Waals surface area contributed by atoms with E-state index in [9.17, 15) is 14.0 Å². The standard InChI is InChI=1S/C19H21FN4O2/c1-24(2)15-9-7-14(8-10-15)13-21-23-19(26)12-11-18(25)22-17-6-4-3-5-16(17)20/h3-10,13H,11-12H2,1-2H3,(H,22,25)(H,23,26). The van der Waals surface area contributed by atoms with Gasteiger partial charge in [-0.3, -0.25) is 9.59 Å². The van der Waals surface area contributed by atoms with Crippen molar-refractivity contribution in [3.63, 3.8) is 0 Å². The smallest absolute Gasteiger partial charge is 0.240 e. The topological polar surface area (TPSA) is 73.8 Å². The van der Waals surface area contributed by atoms with Crippen molar-refractivity contribution in [3.05, 3.63) is 59.9 Å². The first-order chi connectivity index (χ1) is 12.5. The molecule has 0 saturated carbocycles. The predicted molar refractivity (Wildman–Crippen MR) is 101 cm³/mol. The number of carbonyl (C=O) groups is 2. The molecule has 7 heteroatoms. The lowest BCUT2D eigenvalue weighted by molar-refractivity contribution is -0.124. The van der Waals surface area contributed by atoms with E-state index in [4.69, 9.17) is 0 Å². The molecule has 2 amide bonds. The van der Waals surface area contributed by atoms with Crippen molar-refractivity contribution in [3.8, 4) is 0 Å². The fourth-order valence-corrected chi connectivity index (χ4v) is 2.10. The molecule has 0 bridgehead atoms. The number of para-hydroxylation sites is 1. The minimum absolute atomic E-state index is 0.0445. The average Bonchev–Trinajstić information content (AvgIpc) is 2.62. The quantitative estimate of drug-likeness (QED) is 0.592. The monoisotopic (exact) mass is 356 g/mol. The highest BCUT2D eigenvalue weighted by Crippen LogP contribution is 2.13. The zero-order valence-electron chi connectivity index (χ0n) is 14.7. The number of nitrogens with zero attached hydrogens (tertiary/aromatic N) is 2. The minimum atomic E-state index is -0.518. The van der Waals surface area contributed by atoms with Gasteiger partial charge in [0.05, 0.1) is 11.9 Å². The van der Waals surface area contributed by atoms with Gasteiger partial charge in [0, 0.05) is 32.6 Å². The summed E-state index contributed by atoms with van der Waals surface area (Å²) in [6.07, 6.45) is 1.42. The van der Waals surface area contributed by atoms with Crippen molar-refractivity contribution in [2.24, 2.45) is 5.10 Å². The first kappa shape index (κ1) is 19.1. The Bertz CT molecular complexity index is 788. The number of carbonyl (C=O) groups excluding carboxylic acids is 2. The van der Waals surface area contributed by atoms with E-state index >= 15 is 0 Å². The van der Waals surface area contributed by atoms with E-state index in [2.05, 4.69) is 15.8 Å². The molecule has 0 heterocycles. The molecule has 0 saturated heterocycles. The largest absolute Gasteiger partial charge is 0.378 e. The number of hydrogen-bond acceptors (Lipinski definition) is 4. The second-order valence-corrected chi connectivity index (χ2v) is 5.81. The number of hydrazone groups is 1. The lowest BCUT2D eigenvalue weighted by Gasteiger charge is -2.11. The molecule has 0 aliphatic rings. The van der Waals surface area contributed by atoms with Crippen molar-refractivity contribution < 1.29 is 14.0 Å². The predicted octanol–water partition coefficient (Wildman–Crippen LogP) is 2.76. The zero-order chi connectivity index (χ0) is 18.9. The van der Waals surface area contributed by atoms with Gasteiger partial charge in [0.2, 0.25) is 11.8 Å². The Balaban J connectivity index is 1.74. The summed E-state index contributed by atoms with van der Waals surface area (Å²) < 4.78 is 13.4. The van der Waals surface area contributed by atoms with Crippen LogP contribution in [0.5, 0.6) is 0 Å². The summed E-state index contributed by atoms with van der Waals surface area (Å²) in [5, 5.41) is 6.29. The number of anilines is 2. The maximum atomic E-state index is 13.4. The van der Waals surface area contributed by atoms with E-state index in [1.807, 2.05) is 43.3 Å². The van der Waals surface area contributed by atoms with Crippen LogP contribution in [0.3, 0.4) is 0 Å². The number of benzene rings is 2. The summed E-state index contributed by atoms with van der Waals surface area (Å²) in [6.45, 7) is 0. The van der Waals surface area contributed by atoms with Crippen LogP contribution in [0.1, 0.15) is 18.4 Å². The van der Waals surface area contributed by atoms with E-state index < -0.39 is 17.6 Å². The van der Waals surface area contributed by atoms with E-state index in [1.165, 1.54) is 24.4 Å². The Hall–Kier alpha value is -3.22. The van der Waals surface area contributed by atoms with Crippen molar-refractivity contribution in [2.45, 2.75) is 12.8 Å². The van der Waals surface area contributed by atoms with Crippen LogP contribution in [0.25, 0.3) is 0 Å². The fraction of sp³-hybridized carbons (Fsp3) is 0.211. The zero-order valence-corrected chi connectivity index (χ0v) is 14.7. The average molecular weight is 356 g/mol. The molecule has 0 aliphatic carbocycles. The Labute approximate surface area is 151 Å². The van der Waals surface area contributed by atoms with Crippen molar-refractivity contribution in [1.29, 1.82) is 0 Å². The van der Waals surface area contributed by atoms with Gasteiger partial charge in [-0.1, -0.05) is 24.3 Å². The SMILES string of the molecule is CN(C)c1ccc(C=NNC(=O)CCC(=O)Nc2ccccc2F)cc1. The molecule has 0 spiro atoms. The molecule has 136 valence electrons. The van der Waals surface area contributed by atoms with Crippen LogP contribution < -0.4 is 15.6 Å². The maximum Gasteiger partial charge on any atom is 0.240 e. The number of halogens is 1. The molecule has 0 fully saturated rings. The van der Waals surface area contributed by atoms with Crippen LogP contribution in [0.15, 0.2) is 53.6 Å². The van der Waals surface area contributed by atoms with Crippen molar-refractivity contribution >= 4 is 29.4 Å². The highest BCUT2D eigenvalue weighted by atomic mass is 19.1. The van der Waals surface area contributed by atoms with Gasteiger partial charge in [-0.05, 0) is 29.8 Å². The third-order valence-electron chi connectivity index (χ3n) is 3.54. The molecule has 0 atom stereocenters. The van der Waals surface area contributed by atoms with Gasteiger partial charge in [0.1, 0.15) is 5.82 Å². The Morgan fingerprint density at radius 1 is 1.04 bits per heavy atom. The minimum Gasteiger partial charge on any atom is -0.378 e. The molecule has 0 aromatic heterocycles. The Morgan fingerprint density at radius 2 is 1.69 bits per heavy atom. The summed E-state index contributed by atoms with van der Waals surface area (Å²) in [6, 6.07) is 13.5. The third kappa shape index (κ3) is 6.01. The molecule has 0 aliphatic heterocycles. The van der Waals surface area contributed by atoms with Gasteiger partial charge in [-0.25, -0.2) is 9.82 Å². The van der Waals surface area contributed by atoms with E-state index in [1.54, 1.807) is 6.07 Å². The van der Waals surface area contributed by atoms with Gasteiger partial charge < -0.3 is 10.2 Å². The second-order valence-electron chi connectivity index (χ2n) is 5.81. The molecule has 26 heavy (non-hydrogen) atoms. The first-order valence-corrected chi connectivity index (χ1v) is 8.09. The molecule has 2 rings (SSSR count). The third-order valence-corrected chi connectivity index (χ3v) is 3.54. The van der Waals surface area contributed by atoms with Crippen molar-refractivity contribution in [2.75, 3.05) is 24.3 Å². The Kier molecular flexibility index (Phi) is 6.84. The fourth-order valence-electron chi connectivity index (χ4n) is 2.10. The summed E-state index contributed by atoms with van der Waals surface area (Å²) in [5.41, 5.74) is 4.36. The van der Waals surface area contributed by atoms with Crippen LogP contribution in [0.4, 0.5) is 15.8 Å². The highest BCUT2D eigenvalue weighted by Gasteiger charge is 2.08. The summed E-state index contributed by atoms with van der Waals surface area (Å²) in [5.74, 6) is -1.35. The normalized spacial score (nSPS) is 10.6. The summed E-state index contributed by atoms with van der Waals surface area (Å²) in [7, 11) is 3.90. The second kappa shape index (κ2) is 9.31. The Morgan fingerprint density at radius 3 is 2.35 bits per heavy atom. The van der Waals surface area contributed by atoms with E-state index in [0.717, 1.165) is 11.3 Å². The van der Waals surface area contributed by atoms with Crippen LogP contribution in [-0.4, -0.2) is 32.1 Å². The molecule has 2 aromatic rings. The highest BCUT2D eigenvalue weighted by molar-refractivity contribution is 5.93. The van der Waals surface area contributed by atoms with Gasteiger partial charge >= 0.3 is 0 Å². The number of nitrogens with one attached hydrogen (secondary N) is 2. The van der Waals surface area contributed by atoms with Gasteiger partial charge in [-0.2, -0.15) is 5.10 Å². The molecule has 0 unspecified atom stereocenters. The van der Waals surface area contributed by atoms with Crippen LogP contribution in [0.2, 0.25) is 0 Å². The van der Waals surface area contributed by atoms with Crippen LogP contribution in [-0.2, 0) is 9.59 Å². The van der Waals surface area contributed by atoms with Crippen LogP contribution >= 0.6 is 0 Å². The van der Waals surface area contributed by atoms with E-state index in [-0.39, 0.29) is 18.5 Å². The summed E-state index contributed by atoms with van der Waals surface area (Å²) >= 11 is 0.